The number of nitrogens with zero attached hydrogens (tertiary/aromatic N) is 3. The third-order valence-electron chi connectivity index (χ3n) is 3.60. The molecular weight excluding hydrogens is 276 g/mol. The molecule has 5 heteroatoms. The van der Waals surface area contributed by atoms with Crippen LogP contribution in [0, 0.1) is 6.92 Å². The van der Waals surface area contributed by atoms with Gasteiger partial charge in [0.1, 0.15) is 11.5 Å². The summed E-state index contributed by atoms with van der Waals surface area (Å²) in [5.41, 5.74) is 3.43. The van der Waals surface area contributed by atoms with Gasteiger partial charge in [0, 0.05) is 25.0 Å². The fourth-order valence-electron chi connectivity index (χ4n) is 2.38. The SMILES string of the molecule is Cc1cc(C(C)NCc2cccc(Cn3cccn3)c2)no1. The van der Waals surface area contributed by atoms with Crippen molar-refractivity contribution in [1.82, 2.24) is 20.3 Å². The molecule has 1 aromatic carbocycles. The minimum atomic E-state index is 0.159. The van der Waals surface area contributed by atoms with E-state index >= 15 is 0 Å². The van der Waals surface area contributed by atoms with Crippen molar-refractivity contribution >= 4 is 0 Å². The highest BCUT2D eigenvalue weighted by atomic mass is 16.5. The number of aromatic nitrogens is 3. The molecule has 2 aromatic heterocycles. The number of nitrogens with one attached hydrogen (secondary N) is 1. The Bertz CT molecular complexity index is 718. The van der Waals surface area contributed by atoms with Gasteiger partial charge in [-0.15, -0.1) is 0 Å². The van der Waals surface area contributed by atoms with Crippen LogP contribution < -0.4 is 5.32 Å². The Hall–Kier alpha value is -2.40. The van der Waals surface area contributed by atoms with Gasteiger partial charge in [-0.05, 0) is 31.0 Å². The molecule has 5 nitrogen and oxygen atoms in total. The molecule has 1 N–H and O–H groups in total. The van der Waals surface area contributed by atoms with E-state index in [0.29, 0.717) is 0 Å². The van der Waals surface area contributed by atoms with Crippen LogP contribution in [0.2, 0.25) is 0 Å². The van der Waals surface area contributed by atoms with Crippen LogP contribution in [0.25, 0.3) is 0 Å². The summed E-state index contributed by atoms with van der Waals surface area (Å²) in [5, 5.41) is 11.8. The number of hydrogen-bond donors (Lipinski definition) is 1. The number of rotatable bonds is 6. The van der Waals surface area contributed by atoms with Crippen molar-refractivity contribution in [2.45, 2.75) is 33.0 Å². The highest BCUT2D eigenvalue weighted by Crippen LogP contribution is 2.13. The second-order valence-electron chi connectivity index (χ2n) is 5.49. The normalized spacial score (nSPS) is 12.5. The number of aryl methyl sites for hydroxylation is 1. The molecule has 22 heavy (non-hydrogen) atoms. The molecule has 0 spiro atoms. The molecule has 114 valence electrons. The topological polar surface area (TPSA) is 55.9 Å². The zero-order chi connectivity index (χ0) is 15.4. The van der Waals surface area contributed by atoms with Gasteiger partial charge in [0.25, 0.3) is 0 Å². The third kappa shape index (κ3) is 3.62. The first-order valence-electron chi connectivity index (χ1n) is 7.42. The van der Waals surface area contributed by atoms with Crippen molar-refractivity contribution in [2.24, 2.45) is 0 Å². The summed E-state index contributed by atoms with van der Waals surface area (Å²) in [7, 11) is 0. The average molecular weight is 296 g/mol. The van der Waals surface area contributed by atoms with Crippen molar-refractivity contribution in [3.8, 4) is 0 Å². The van der Waals surface area contributed by atoms with Crippen LogP contribution in [0.4, 0.5) is 0 Å². The van der Waals surface area contributed by atoms with E-state index < -0.39 is 0 Å². The second kappa shape index (κ2) is 6.58. The van der Waals surface area contributed by atoms with Gasteiger partial charge < -0.3 is 9.84 Å². The summed E-state index contributed by atoms with van der Waals surface area (Å²) in [5.74, 6) is 0.838. The molecule has 0 radical (unpaired) electrons. The van der Waals surface area contributed by atoms with E-state index in [2.05, 4.69) is 46.8 Å². The highest BCUT2D eigenvalue weighted by Gasteiger charge is 2.09. The Morgan fingerprint density at radius 2 is 2.09 bits per heavy atom. The minimum absolute atomic E-state index is 0.159. The quantitative estimate of drug-likeness (QED) is 0.759. The lowest BCUT2D eigenvalue weighted by Gasteiger charge is -2.11. The molecule has 0 aliphatic carbocycles. The monoisotopic (exact) mass is 296 g/mol. The Kier molecular flexibility index (Phi) is 4.34. The van der Waals surface area contributed by atoms with Crippen LogP contribution >= 0.6 is 0 Å². The first-order valence-corrected chi connectivity index (χ1v) is 7.42. The molecule has 0 fully saturated rings. The van der Waals surface area contributed by atoms with Crippen LogP contribution in [-0.4, -0.2) is 14.9 Å². The van der Waals surface area contributed by atoms with E-state index in [-0.39, 0.29) is 6.04 Å². The van der Waals surface area contributed by atoms with Crippen LogP contribution in [0.1, 0.15) is 35.5 Å². The van der Waals surface area contributed by atoms with Gasteiger partial charge in [0.05, 0.1) is 12.6 Å². The maximum atomic E-state index is 5.12. The summed E-state index contributed by atoms with van der Waals surface area (Å²) in [4.78, 5) is 0. The van der Waals surface area contributed by atoms with Gasteiger partial charge in [-0.25, -0.2) is 0 Å². The van der Waals surface area contributed by atoms with Gasteiger partial charge in [0.2, 0.25) is 0 Å². The maximum Gasteiger partial charge on any atom is 0.133 e. The molecule has 1 unspecified atom stereocenters. The molecule has 0 aliphatic rings. The molecule has 3 rings (SSSR count). The van der Waals surface area contributed by atoms with Crippen LogP contribution in [0.15, 0.2) is 53.3 Å². The molecular formula is C17H20N4O. The second-order valence-corrected chi connectivity index (χ2v) is 5.49. The average Bonchev–Trinajstić information content (AvgIpc) is 3.17. The van der Waals surface area contributed by atoms with E-state index in [0.717, 1.165) is 24.5 Å². The molecule has 0 aliphatic heterocycles. The van der Waals surface area contributed by atoms with Crippen LogP contribution in [0.3, 0.4) is 0 Å². The van der Waals surface area contributed by atoms with Crippen LogP contribution in [-0.2, 0) is 13.1 Å². The molecule has 0 bridgehead atoms. The summed E-state index contributed by atoms with van der Waals surface area (Å²) in [6.07, 6.45) is 3.77. The van der Waals surface area contributed by atoms with Gasteiger partial charge in [0.15, 0.2) is 0 Å². The smallest absolute Gasteiger partial charge is 0.133 e. The fourth-order valence-corrected chi connectivity index (χ4v) is 2.38. The van der Waals surface area contributed by atoms with Gasteiger partial charge >= 0.3 is 0 Å². The first kappa shape index (κ1) is 14.5. The van der Waals surface area contributed by atoms with E-state index in [1.54, 1.807) is 6.20 Å². The zero-order valence-electron chi connectivity index (χ0n) is 12.9. The van der Waals surface area contributed by atoms with Crippen molar-refractivity contribution in [1.29, 1.82) is 0 Å². The Morgan fingerprint density at radius 1 is 1.23 bits per heavy atom. The van der Waals surface area contributed by atoms with Gasteiger partial charge in [-0.3, -0.25) is 4.68 Å². The largest absolute Gasteiger partial charge is 0.361 e. The summed E-state index contributed by atoms with van der Waals surface area (Å²) in [6, 6.07) is 12.6. The van der Waals surface area contributed by atoms with E-state index in [1.807, 2.05) is 29.9 Å². The maximum absolute atomic E-state index is 5.12. The highest BCUT2D eigenvalue weighted by molar-refractivity contribution is 5.24. The van der Waals surface area contributed by atoms with E-state index in [9.17, 15) is 0 Å². The molecule has 0 amide bonds. The Morgan fingerprint density at radius 3 is 2.82 bits per heavy atom. The lowest BCUT2D eigenvalue weighted by molar-refractivity contribution is 0.380. The van der Waals surface area contributed by atoms with E-state index in [4.69, 9.17) is 4.52 Å². The zero-order valence-corrected chi connectivity index (χ0v) is 12.9. The van der Waals surface area contributed by atoms with E-state index in [1.165, 1.54) is 11.1 Å². The molecule has 1 atom stereocenters. The fraction of sp³-hybridized carbons (Fsp3) is 0.294. The first-order chi connectivity index (χ1) is 10.7. The summed E-state index contributed by atoms with van der Waals surface area (Å²) < 4.78 is 7.04. The van der Waals surface area contributed by atoms with Crippen molar-refractivity contribution < 1.29 is 4.52 Å². The van der Waals surface area contributed by atoms with Crippen molar-refractivity contribution in [3.05, 3.63) is 71.4 Å². The molecule has 0 saturated heterocycles. The third-order valence-corrected chi connectivity index (χ3v) is 3.60. The lowest BCUT2D eigenvalue weighted by atomic mass is 10.1. The van der Waals surface area contributed by atoms with Gasteiger partial charge in [-0.2, -0.15) is 5.10 Å². The summed E-state index contributed by atoms with van der Waals surface area (Å²) >= 11 is 0. The minimum Gasteiger partial charge on any atom is -0.361 e. The van der Waals surface area contributed by atoms with Gasteiger partial charge in [-0.1, -0.05) is 29.4 Å². The molecule has 0 saturated carbocycles. The predicted molar refractivity (Wildman–Crippen MR) is 84.3 cm³/mol. The molecule has 3 aromatic rings. The predicted octanol–water partition coefficient (Wildman–Crippen LogP) is 3.08. The van der Waals surface area contributed by atoms with Crippen molar-refractivity contribution in [3.63, 3.8) is 0 Å². The van der Waals surface area contributed by atoms with Crippen molar-refractivity contribution in [2.75, 3.05) is 0 Å². The van der Waals surface area contributed by atoms with Crippen LogP contribution in [0.5, 0.6) is 0 Å². The number of benzene rings is 1. The lowest BCUT2D eigenvalue weighted by Crippen LogP contribution is -2.18. The standard InChI is InChI=1S/C17H20N4O/c1-13-9-17(20-22-13)14(2)18-11-15-5-3-6-16(10-15)12-21-8-4-7-19-21/h3-10,14,18H,11-12H2,1-2H3. The Labute approximate surface area is 129 Å². The Balaban J connectivity index is 1.60. The summed E-state index contributed by atoms with van der Waals surface area (Å²) in [6.45, 7) is 5.58. The number of hydrogen-bond acceptors (Lipinski definition) is 4. The molecule has 2 heterocycles.